The van der Waals surface area contributed by atoms with Gasteiger partial charge in [0.15, 0.2) is 18.1 Å². The maximum absolute atomic E-state index is 11.9. The van der Waals surface area contributed by atoms with E-state index in [0.717, 1.165) is 23.2 Å². The zero-order chi connectivity index (χ0) is 19.6. The van der Waals surface area contributed by atoms with E-state index in [1.165, 1.54) is 11.8 Å². The van der Waals surface area contributed by atoms with Crippen LogP contribution < -0.4 is 14.8 Å². The van der Waals surface area contributed by atoms with E-state index in [-0.39, 0.29) is 12.5 Å². The van der Waals surface area contributed by atoms with Crippen LogP contribution in [0.1, 0.15) is 30.0 Å². The summed E-state index contributed by atoms with van der Waals surface area (Å²) < 4.78 is 10.9. The van der Waals surface area contributed by atoms with Crippen LogP contribution in [0.25, 0.3) is 0 Å². The number of anilines is 1. The van der Waals surface area contributed by atoms with Crippen molar-refractivity contribution in [2.45, 2.75) is 27.2 Å². The molecular weight excluding hydrogens is 344 g/mol. The van der Waals surface area contributed by atoms with Gasteiger partial charge in [0, 0.05) is 11.3 Å². The van der Waals surface area contributed by atoms with E-state index in [2.05, 4.69) is 10.5 Å². The van der Waals surface area contributed by atoms with Gasteiger partial charge in [0.25, 0.3) is 5.91 Å². The van der Waals surface area contributed by atoms with Crippen molar-refractivity contribution in [1.82, 2.24) is 0 Å². The molecule has 1 amide bonds. The van der Waals surface area contributed by atoms with Crippen molar-refractivity contribution in [2.24, 2.45) is 5.16 Å². The van der Waals surface area contributed by atoms with Crippen molar-refractivity contribution in [1.29, 1.82) is 0 Å². The van der Waals surface area contributed by atoms with Crippen molar-refractivity contribution in [3.8, 4) is 11.5 Å². The SMILES string of the molecule is CCCOc1ccc(/C=N/OCC(=O)Nc2ccc(C)c(C)c2)cc1OC. The Morgan fingerprint density at radius 3 is 2.63 bits per heavy atom. The van der Waals surface area contributed by atoms with Gasteiger partial charge >= 0.3 is 0 Å². The molecule has 2 rings (SSSR count). The fourth-order valence-corrected chi connectivity index (χ4v) is 2.31. The lowest BCUT2D eigenvalue weighted by Gasteiger charge is -2.10. The first-order valence-corrected chi connectivity index (χ1v) is 8.86. The first-order valence-electron chi connectivity index (χ1n) is 8.86. The first-order chi connectivity index (χ1) is 13.0. The molecule has 0 radical (unpaired) electrons. The molecule has 0 aromatic heterocycles. The second-order valence-electron chi connectivity index (χ2n) is 6.11. The molecule has 0 unspecified atom stereocenters. The van der Waals surface area contributed by atoms with E-state index >= 15 is 0 Å². The van der Waals surface area contributed by atoms with Gasteiger partial charge in [-0.05, 0) is 61.7 Å². The van der Waals surface area contributed by atoms with Crippen LogP contribution in [0.4, 0.5) is 5.69 Å². The van der Waals surface area contributed by atoms with Crippen molar-refractivity contribution in [2.75, 3.05) is 25.6 Å². The Bertz CT molecular complexity index is 803. The second-order valence-corrected chi connectivity index (χ2v) is 6.11. The number of nitrogens with zero attached hydrogens (tertiary/aromatic N) is 1. The van der Waals surface area contributed by atoms with Crippen LogP contribution in [-0.4, -0.2) is 32.4 Å². The molecule has 0 bridgehead atoms. The minimum Gasteiger partial charge on any atom is -0.493 e. The monoisotopic (exact) mass is 370 g/mol. The molecule has 0 aliphatic heterocycles. The third-order valence-corrected chi connectivity index (χ3v) is 3.91. The van der Waals surface area contributed by atoms with E-state index in [1.54, 1.807) is 13.2 Å². The van der Waals surface area contributed by atoms with Crippen LogP contribution in [0.5, 0.6) is 11.5 Å². The molecule has 0 aliphatic carbocycles. The van der Waals surface area contributed by atoms with Crippen molar-refractivity contribution in [3.05, 3.63) is 53.1 Å². The number of ether oxygens (including phenoxy) is 2. The third-order valence-electron chi connectivity index (χ3n) is 3.91. The summed E-state index contributed by atoms with van der Waals surface area (Å²) in [5.74, 6) is 1.04. The van der Waals surface area contributed by atoms with Gasteiger partial charge in [-0.1, -0.05) is 18.1 Å². The zero-order valence-corrected chi connectivity index (χ0v) is 16.2. The Balaban J connectivity index is 1.85. The second kappa shape index (κ2) is 10.2. The highest BCUT2D eigenvalue weighted by molar-refractivity contribution is 5.91. The van der Waals surface area contributed by atoms with Crippen LogP contribution in [0.15, 0.2) is 41.6 Å². The van der Waals surface area contributed by atoms with Crippen molar-refractivity contribution >= 4 is 17.8 Å². The number of carbonyl (C=O) groups excluding carboxylic acids is 1. The summed E-state index contributed by atoms with van der Waals surface area (Å²) in [6.45, 7) is 6.52. The first kappa shape index (κ1) is 20.3. The average molecular weight is 370 g/mol. The van der Waals surface area contributed by atoms with Crippen molar-refractivity contribution in [3.63, 3.8) is 0 Å². The van der Waals surface area contributed by atoms with Gasteiger partial charge in [-0.2, -0.15) is 0 Å². The van der Waals surface area contributed by atoms with Gasteiger partial charge in [-0.15, -0.1) is 0 Å². The third kappa shape index (κ3) is 6.33. The Kier molecular flexibility index (Phi) is 7.67. The lowest BCUT2D eigenvalue weighted by atomic mass is 10.1. The molecule has 2 aromatic carbocycles. The summed E-state index contributed by atoms with van der Waals surface area (Å²) in [5.41, 5.74) is 3.82. The Morgan fingerprint density at radius 1 is 1.11 bits per heavy atom. The Hall–Kier alpha value is -3.02. The smallest absolute Gasteiger partial charge is 0.265 e. The molecule has 6 nitrogen and oxygen atoms in total. The Morgan fingerprint density at radius 2 is 1.93 bits per heavy atom. The number of hydrogen-bond donors (Lipinski definition) is 1. The van der Waals surface area contributed by atoms with Gasteiger partial charge in [-0.3, -0.25) is 4.79 Å². The number of oxime groups is 1. The molecule has 0 atom stereocenters. The van der Waals surface area contributed by atoms with Gasteiger partial charge in [0.1, 0.15) is 0 Å². The highest BCUT2D eigenvalue weighted by Crippen LogP contribution is 2.27. The number of benzene rings is 2. The van der Waals surface area contributed by atoms with Gasteiger partial charge < -0.3 is 19.6 Å². The van der Waals surface area contributed by atoms with E-state index in [0.29, 0.717) is 18.1 Å². The summed E-state index contributed by atoms with van der Waals surface area (Å²) in [5, 5.41) is 6.62. The predicted octanol–water partition coefficient (Wildman–Crippen LogP) is 4.09. The standard InChI is InChI=1S/C21H26N2O4/c1-5-10-26-19-9-7-17(12-20(19)25-4)13-22-27-14-21(24)23-18-8-6-15(2)16(3)11-18/h6-9,11-13H,5,10,14H2,1-4H3,(H,23,24)/b22-13+. The molecule has 144 valence electrons. The van der Waals surface area contributed by atoms with Crippen molar-refractivity contribution < 1.29 is 19.1 Å². The number of hydrogen-bond acceptors (Lipinski definition) is 5. The summed E-state index contributed by atoms with van der Waals surface area (Å²) in [6.07, 6.45) is 2.44. The molecule has 0 aliphatic rings. The summed E-state index contributed by atoms with van der Waals surface area (Å²) in [6, 6.07) is 11.2. The summed E-state index contributed by atoms with van der Waals surface area (Å²) in [4.78, 5) is 17.0. The Labute approximate surface area is 160 Å². The van der Waals surface area contributed by atoms with E-state index in [4.69, 9.17) is 14.3 Å². The fourth-order valence-electron chi connectivity index (χ4n) is 2.31. The normalized spacial score (nSPS) is 10.7. The number of nitrogens with one attached hydrogen (secondary N) is 1. The summed E-state index contributed by atoms with van der Waals surface area (Å²) >= 11 is 0. The van der Waals surface area contributed by atoms with E-state index in [1.807, 2.05) is 51.1 Å². The van der Waals surface area contributed by atoms with Gasteiger partial charge in [-0.25, -0.2) is 0 Å². The summed E-state index contributed by atoms with van der Waals surface area (Å²) in [7, 11) is 1.59. The number of methoxy groups -OCH3 is 1. The van der Waals surface area contributed by atoms with E-state index < -0.39 is 0 Å². The van der Waals surface area contributed by atoms with Crippen LogP contribution in [0.3, 0.4) is 0 Å². The van der Waals surface area contributed by atoms with Gasteiger partial charge in [0.05, 0.1) is 19.9 Å². The fraction of sp³-hybridized carbons (Fsp3) is 0.333. The predicted molar refractivity (Wildman–Crippen MR) is 107 cm³/mol. The zero-order valence-electron chi connectivity index (χ0n) is 16.2. The molecule has 0 heterocycles. The molecule has 0 saturated heterocycles. The van der Waals surface area contributed by atoms with Crippen LogP contribution in [0, 0.1) is 13.8 Å². The molecule has 2 aromatic rings. The quantitative estimate of drug-likeness (QED) is 0.533. The van der Waals surface area contributed by atoms with Crippen LogP contribution >= 0.6 is 0 Å². The highest BCUT2D eigenvalue weighted by atomic mass is 16.6. The molecule has 1 N–H and O–H groups in total. The molecule has 27 heavy (non-hydrogen) atoms. The lowest BCUT2D eigenvalue weighted by molar-refractivity contribution is -0.120. The topological polar surface area (TPSA) is 69.2 Å². The number of amides is 1. The maximum atomic E-state index is 11.9. The maximum Gasteiger partial charge on any atom is 0.265 e. The molecule has 0 fully saturated rings. The highest BCUT2D eigenvalue weighted by Gasteiger charge is 2.06. The number of rotatable bonds is 9. The minimum atomic E-state index is -0.267. The molecular formula is C21H26N2O4. The van der Waals surface area contributed by atoms with Crippen LogP contribution in [-0.2, 0) is 9.63 Å². The van der Waals surface area contributed by atoms with E-state index in [9.17, 15) is 4.79 Å². The van der Waals surface area contributed by atoms with Crippen LogP contribution in [0.2, 0.25) is 0 Å². The number of aryl methyl sites for hydroxylation is 2. The largest absolute Gasteiger partial charge is 0.493 e. The lowest BCUT2D eigenvalue weighted by Crippen LogP contribution is -2.17. The minimum absolute atomic E-state index is 0.168. The molecule has 0 saturated carbocycles. The average Bonchev–Trinajstić information content (AvgIpc) is 2.66. The number of carbonyl (C=O) groups is 1. The molecule has 0 spiro atoms. The van der Waals surface area contributed by atoms with Gasteiger partial charge in [0.2, 0.25) is 0 Å². The molecule has 6 heteroatoms.